The first-order valence-corrected chi connectivity index (χ1v) is 7.02. The van der Waals surface area contributed by atoms with Gasteiger partial charge >= 0.3 is 0 Å². The largest absolute Gasteiger partial charge is 0.351 e. The van der Waals surface area contributed by atoms with Crippen LogP contribution in [0.2, 0.25) is 0 Å². The maximum Gasteiger partial charge on any atom is 0.271 e. The smallest absolute Gasteiger partial charge is 0.271 e. The van der Waals surface area contributed by atoms with Gasteiger partial charge in [0.2, 0.25) is 0 Å². The van der Waals surface area contributed by atoms with Crippen molar-refractivity contribution in [3.05, 3.63) is 60.2 Å². The lowest BCUT2D eigenvalue weighted by Gasteiger charge is -2.16. The molecule has 0 atom stereocenters. The van der Waals surface area contributed by atoms with Crippen molar-refractivity contribution in [1.29, 1.82) is 0 Å². The highest BCUT2D eigenvalue weighted by Crippen LogP contribution is 2.02. The predicted molar refractivity (Wildman–Crippen MR) is 81.8 cm³/mol. The number of nitrogens with zero attached hydrogens (tertiary/aromatic N) is 3. The fourth-order valence-corrected chi connectivity index (χ4v) is 2.03. The van der Waals surface area contributed by atoms with Gasteiger partial charge in [0, 0.05) is 25.5 Å². The van der Waals surface area contributed by atoms with Crippen molar-refractivity contribution in [2.75, 3.05) is 20.1 Å². The summed E-state index contributed by atoms with van der Waals surface area (Å²) in [5.41, 5.74) is 1.65. The minimum Gasteiger partial charge on any atom is -0.351 e. The number of amides is 1. The molecular formula is C16H20N4O. The summed E-state index contributed by atoms with van der Waals surface area (Å²) in [5.74, 6) is -0.172. The molecule has 0 saturated heterocycles. The normalized spacial score (nSPS) is 10.6. The van der Waals surface area contributed by atoms with E-state index in [2.05, 4.69) is 39.4 Å². The zero-order valence-electron chi connectivity index (χ0n) is 12.2. The van der Waals surface area contributed by atoms with Gasteiger partial charge in [0.25, 0.3) is 5.91 Å². The molecule has 2 aromatic rings. The molecule has 1 N–H and O–H groups in total. The molecule has 1 amide bonds. The van der Waals surface area contributed by atoms with E-state index < -0.39 is 0 Å². The number of hydrogen-bond donors (Lipinski definition) is 1. The summed E-state index contributed by atoms with van der Waals surface area (Å²) in [6.45, 7) is 2.48. The van der Waals surface area contributed by atoms with Gasteiger partial charge in [-0.05, 0) is 25.6 Å². The number of aromatic nitrogens is 2. The molecule has 0 saturated carbocycles. The van der Waals surface area contributed by atoms with Crippen LogP contribution in [0, 0.1) is 0 Å². The molecule has 0 unspecified atom stereocenters. The van der Waals surface area contributed by atoms with Crippen LogP contribution in [0.1, 0.15) is 22.5 Å². The molecule has 21 heavy (non-hydrogen) atoms. The minimum atomic E-state index is -0.172. The first-order chi connectivity index (χ1) is 10.3. The lowest BCUT2D eigenvalue weighted by molar-refractivity contribution is 0.0946. The van der Waals surface area contributed by atoms with Crippen molar-refractivity contribution in [3.63, 3.8) is 0 Å². The molecule has 2 rings (SSSR count). The van der Waals surface area contributed by atoms with Gasteiger partial charge in [0.05, 0.1) is 6.20 Å². The third-order valence-electron chi connectivity index (χ3n) is 3.09. The number of benzene rings is 1. The maximum atomic E-state index is 11.8. The Morgan fingerprint density at radius 2 is 2.05 bits per heavy atom. The van der Waals surface area contributed by atoms with Gasteiger partial charge in [-0.1, -0.05) is 30.3 Å². The highest BCUT2D eigenvalue weighted by Gasteiger charge is 2.06. The van der Waals surface area contributed by atoms with E-state index in [4.69, 9.17) is 0 Å². The summed E-state index contributed by atoms with van der Waals surface area (Å²) in [4.78, 5) is 21.8. The molecule has 5 heteroatoms. The molecule has 0 spiro atoms. The molecule has 0 fully saturated rings. The van der Waals surface area contributed by atoms with E-state index in [9.17, 15) is 4.79 Å². The summed E-state index contributed by atoms with van der Waals surface area (Å²) in [6, 6.07) is 10.3. The summed E-state index contributed by atoms with van der Waals surface area (Å²) >= 11 is 0. The number of nitrogens with one attached hydrogen (secondary N) is 1. The third-order valence-corrected chi connectivity index (χ3v) is 3.09. The Hall–Kier alpha value is -2.27. The molecule has 0 aliphatic heterocycles. The molecule has 1 aromatic carbocycles. The van der Waals surface area contributed by atoms with E-state index in [-0.39, 0.29) is 5.91 Å². The molecule has 1 heterocycles. The first kappa shape index (κ1) is 15.1. The molecule has 0 aliphatic rings. The monoisotopic (exact) mass is 284 g/mol. The van der Waals surface area contributed by atoms with E-state index in [1.54, 1.807) is 6.20 Å². The average Bonchev–Trinajstić information content (AvgIpc) is 2.53. The highest BCUT2D eigenvalue weighted by atomic mass is 16.1. The fraction of sp³-hybridized carbons (Fsp3) is 0.312. The zero-order chi connectivity index (χ0) is 14.9. The van der Waals surface area contributed by atoms with E-state index >= 15 is 0 Å². The zero-order valence-corrected chi connectivity index (χ0v) is 12.2. The van der Waals surface area contributed by atoms with Gasteiger partial charge in [0.15, 0.2) is 0 Å². The van der Waals surface area contributed by atoms with Crippen molar-refractivity contribution in [3.8, 4) is 0 Å². The second-order valence-corrected chi connectivity index (χ2v) is 4.92. The Labute approximate surface area is 125 Å². The maximum absolute atomic E-state index is 11.8. The van der Waals surface area contributed by atoms with Crippen LogP contribution in [0.4, 0.5) is 0 Å². The lowest BCUT2D eigenvalue weighted by atomic mass is 10.2. The Bertz CT molecular complexity index is 545. The summed E-state index contributed by atoms with van der Waals surface area (Å²) < 4.78 is 0. The second kappa shape index (κ2) is 8.11. The highest BCUT2D eigenvalue weighted by molar-refractivity contribution is 5.91. The van der Waals surface area contributed by atoms with Gasteiger partial charge in [-0.25, -0.2) is 4.98 Å². The quantitative estimate of drug-likeness (QED) is 0.787. The van der Waals surface area contributed by atoms with Crippen LogP contribution in [0.25, 0.3) is 0 Å². The molecule has 0 aliphatic carbocycles. The topological polar surface area (TPSA) is 58.1 Å². The number of hydrogen-bond acceptors (Lipinski definition) is 4. The van der Waals surface area contributed by atoms with Crippen molar-refractivity contribution in [2.45, 2.75) is 13.0 Å². The van der Waals surface area contributed by atoms with E-state index in [0.717, 1.165) is 19.5 Å². The van der Waals surface area contributed by atoms with Crippen LogP contribution in [-0.2, 0) is 6.54 Å². The molecule has 0 radical (unpaired) electrons. The Morgan fingerprint density at radius 1 is 1.24 bits per heavy atom. The summed E-state index contributed by atoms with van der Waals surface area (Å²) in [6.07, 6.45) is 5.43. The molecular weight excluding hydrogens is 264 g/mol. The Balaban J connectivity index is 1.64. The Morgan fingerprint density at radius 3 is 2.76 bits per heavy atom. The summed E-state index contributed by atoms with van der Waals surface area (Å²) in [5, 5.41) is 2.85. The van der Waals surface area contributed by atoms with E-state index in [1.165, 1.54) is 18.0 Å². The third kappa shape index (κ3) is 5.31. The van der Waals surface area contributed by atoms with Crippen molar-refractivity contribution >= 4 is 5.91 Å². The van der Waals surface area contributed by atoms with Crippen LogP contribution in [0.3, 0.4) is 0 Å². The van der Waals surface area contributed by atoms with Gasteiger partial charge in [-0.15, -0.1) is 0 Å². The fourth-order valence-electron chi connectivity index (χ4n) is 2.03. The number of carbonyl (C=O) groups excluding carboxylic acids is 1. The van der Waals surface area contributed by atoms with Crippen LogP contribution in [0.5, 0.6) is 0 Å². The lowest BCUT2D eigenvalue weighted by Crippen LogP contribution is -2.28. The van der Waals surface area contributed by atoms with Crippen molar-refractivity contribution < 1.29 is 4.79 Å². The molecule has 1 aromatic heterocycles. The summed E-state index contributed by atoms with van der Waals surface area (Å²) in [7, 11) is 2.08. The van der Waals surface area contributed by atoms with Gasteiger partial charge in [-0.3, -0.25) is 9.78 Å². The standard InChI is InChI=1S/C16H20N4O/c1-20(13-14-6-3-2-4-7-14)11-5-8-19-16(21)15-12-17-9-10-18-15/h2-4,6-7,9-10,12H,5,8,11,13H2,1H3,(H,19,21). The minimum absolute atomic E-state index is 0.172. The average molecular weight is 284 g/mol. The second-order valence-electron chi connectivity index (χ2n) is 4.92. The molecule has 110 valence electrons. The van der Waals surface area contributed by atoms with Gasteiger partial charge < -0.3 is 10.2 Å². The van der Waals surface area contributed by atoms with Crippen molar-refractivity contribution in [2.24, 2.45) is 0 Å². The van der Waals surface area contributed by atoms with Crippen LogP contribution < -0.4 is 5.32 Å². The predicted octanol–water partition coefficient (Wildman–Crippen LogP) is 1.73. The van der Waals surface area contributed by atoms with E-state index in [1.807, 2.05) is 18.2 Å². The first-order valence-electron chi connectivity index (χ1n) is 7.02. The van der Waals surface area contributed by atoms with E-state index in [0.29, 0.717) is 12.2 Å². The Kier molecular flexibility index (Phi) is 5.84. The number of rotatable bonds is 7. The van der Waals surface area contributed by atoms with Gasteiger partial charge in [-0.2, -0.15) is 0 Å². The van der Waals surface area contributed by atoms with Crippen LogP contribution in [0.15, 0.2) is 48.9 Å². The van der Waals surface area contributed by atoms with Gasteiger partial charge in [0.1, 0.15) is 5.69 Å². The van der Waals surface area contributed by atoms with Crippen LogP contribution in [-0.4, -0.2) is 40.9 Å². The van der Waals surface area contributed by atoms with Crippen molar-refractivity contribution in [1.82, 2.24) is 20.2 Å². The number of carbonyl (C=O) groups is 1. The molecule has 0 bridgehead atoms. The SMILES string of the molecule is CN(CCCNC(=O)c1cnccn1)Cc1ccccc1. The molecule has 5 nitrogen and oxygen atoms in total. The van der Waals surface area contributed by atoms with Crippen LogP contribution >= 0.6 is 0 Å².